The van der Waals surface area contributed by atoms with Gasteiger partial charge in [-0.25, -0.2) is 4.98 Å². The smallest absolute Gasteiger partial charge is 0.131 e. The molecule has 0 atom stereocenters. The molecule has 2 N–H and O–H groups in total. The molecule has 2 rings (SSSR count). The fourth-order valence-electron chi connectivity index (χ4n) is 1.20. The molecule has 0 spiro atoms. The highest BCUT2D eigenvalue weighted by Crippen LogP contribution is 2.26. The van der Waals surface area contributed by atoms with Crippen molar-refractivity contribution < 1.29 is 0 Å². The normalized spacial score (nSPS) is 10.6. The molecular formula is C9H6BrIN2. The van der Waals surface area contributed by atoms with E-state index in [4.69, 9.17) is 5.73 Å². The van der Waals surface area contributed by atoms with Crippen molar-refractivity contribution in [1.29, 1.82) is 0 Å². The Morgan fingerprint density at radius 2 is 2.08 bits per heavy atom. The van der Waals surface area contributed by atoms with E-state index >= 15 is 0 Å². The summed E-state index contributed by atoms with van der Waals surface area (Å²) < 4.78 is 2.17. The Labute approximate surface area is 97.8 Å². The van der Waals surface area contributed by atoms with Gasteiger partial charge in [-0.05, 0) is 40.8 Å². The summed E-state index contributed by atoms with van der Waals surface area (Å²) in [6, 6.07) is 6.00. The molecule has 0 aliphatic carbocycles. The van der Waals surface area contributed by atoms with Crippen LogP contribution in [0.15, 0.2) is 28.9 Å². The maximum absolute atomic E-state index is 5.75. The van der Waals surface area contributed by atoms with Crippen molar-refractivity contribution in [3.05, 3.63) is 32.4 Å². The molecule has 0 fully saturated rings. The van der Waals surface area contributed by atoms with Gasteiger partial charge in [0.05, 0.1) is 0 Å². The van der Waals surface area contributed by atoms with E-state index in [0.717, 1.165) is 18.8 Å². The molecule has 1 aromatic carbocycles. The summed E-state index contributed by atoms with van der Waals surface area (Å²) in [5, 5.41) is 2.15. The van der Waals surface area contributed by atoms with Crippen molar-refractivity contribution in [2.24, 2.45) is 0 Å². The summed E-state index contributed by atoms with van der Waals surface area (Å²) in [6.07, 6.45) is 1.78. The van der Waals surface area contributed by atoms with E-state index in [9.17, 15) is 0 Å². The number of halogens is 2. The molecule has 2 nitrogen and oxygen atoms in total. The van der Waals surface area contributed by atoms with Crippen LogP contribution in [0.2, 0.25) is 0 Å². The lowest BCUT2D eigenvalue weighted by molar-refractivity contribution is 1.35. The van der Waals surface area contributed by atoms with Crippen LogP contribution in [-0.4, -0.2) is 4.98 Å². The first-order valence-electron chi connectivity index (χ1n) is 3.68. The van der Waals surface area contributed by atoms with Gasteiger partial charge < -0.3 is 5.73 Å². The van der Waals surface area contributed by atoms with Gasteiger partial charge in [0.1, 0.15) is 5.82 Å². The second-order valence-corrected chi connectivity index (χ2v) is 4.76. The highest BCUT2D eigenvalue weighted by molar-refractivity contribution is 14.1. The maximum atomic E-state index is 5.75. The van der Waals surface area contributed by atoms with Gasteiger partial charge in [-0.1, -0.05) is 15.9 Å². The summed E-state index contributed by atoms with van der Waals surface area (Å²) >= 11 is 5.68. The van der Waals surface area contributed by atoms with Crippen LogP contribution in [0.4, 0.5) is 5.82 Å². The Hall–Kier alpha value is -0.360. The number of nitrogens with two attached hydrogens (primary N) is 1. The van der Waals surface area contributed by atoms with Crippen LogP contribution in [0.25, 0.3) is 10.8 Å². The molecule has 13 heavy (non-hydrogen) atoms. The van der Waals surface area contributed by atoms with Crippen molar-refractivity contribution >= 4 is 55.1 Å². The zero-order valence-electron chi connectivity index (χ0n) is 6.59. The third kappa shape index (κ3) is 1.65. The van der Waals surface area contributed by atoms with E-state index in [0.29, 0.717) is 5.82 Å². The largest absolute Gasteiger partial charge is 0.383 e. The fraction of sp³-hybridized carbons (Fsp3) is 0. The van der Waals surface area contributed by atoms with Crippen molar-refractivity contribution in [3.63, 3.8) is 0 Å². The topological polar surface area (TPSA) is 38.9 Å². The minimum atomic E-state index is 0.586. The number of benzene rings is 1. The Morgan fingerprint density at radius 1 is 1.31 bits per heavy atom. The van der Waals surface area contributed by atoms with Gasteiger partial charge in [0.25, 0.3) is 0 Å². The average molecular weight is 349 g/mol. The van der Waals surface area contributed by atoms with Gasteiger partial charge in [-0.15, -0.1) is 0 Å². The van der Waals surface area contributed by atoms with Crippen molar-refractivity contribution in [3.8, 4) is 0 Å². The lowest BCUT2D eigenvalue weighted by Gasteiger charge is -2.03. The summed E-state index contributed by atoms with van der Waals surface area (Å²) in [4.78, 5) is 4.09. The van der Waals surface area contributed by atoms with Crippen LogP contribution in [0.5, 0.6) is 0 Å². The van der Waals surface area contributed by atoms with Crippen molar-refractivity contribution in [1.82, 2.24) is 4.98 Å². The zero-order valence-corrected chi connectivity index (χ0v) is 10.3. The first-order chi connectivity index (χ1) is 6.18. The lowest BCUT2D eigenvalue weighted by Crippen LogP contribution is -1.92. The molecule has 0 bridgehead atoms. The van der Waals surface area contributed by atoms with Crippen LogP contribution in [-0.2, 0) is 0 Å². The van der Waals surface area contributed by atoms with E-state index < -0.39 is 0 Å². The monoisotopic (exact) mass is 348 g/mol. The molecule has 0 saturated carbocycles. The molecule has 0 radical (unpaired) electrons. The number of aromatic nitrogens is 1. The molecule has 1 aromatic heterocycles. The maximum Gasteiger partial charge on any atom is 0.131 e. The Balaban J connectivity index is 2.92. The number of nitrogens with zero attached hydrogens (tertiary/aromatic N) is 1. The second-order valence-electron chi connectivity index (χ2n) is 2.68. The van der Waals surface area contributed by atoms with Gasteiger partial charge in [0.15, 0.2) is 0 Å². The minimum absolute atomic E-state index is 0.586. The molecule has 0 aliphatic rings. The third-order valence-electron chi connectivity index (χ3n) is 1.83. The highest BCUT2D eigenvalue weighted by Gasteiger charge is 2.02. The van der Waals surface area contributed by atoms with Crippen LogP contribution in [0, 0.1) is 3.57 Å². The number of nitrogen functional groups attached to an aromatic ring is 1. The van der Waals surface area contributed by atoms with Crippen LogP contribution in [0.1, 0.15) is 0 Å². The first-order valence-corrected chi connectivity index (χ1v) is 5.55. The number of anilines is 1. The van der Waals surface area contributed by atoms with Crippen LogP contribution < -0.4 is 5.73 Å². The summed E-state index contributed by atoms with van der Waals surface area (Å²) in [5.74, 6) is 0.586. The standard InChI is InChI=1S/C9H6BrIN2/c10-5-1-2-6-7(3-5)8(11)4-13-9(6)12/h1-4H,(H2,12,13). The van der Waals surface area contributed by atoms with Gasteiger partial charge in [-0.3, -0.25) is 0 Å². The number of hydrogen-bond acceptors (Lipinski definition) is 2. The molecule has 66 valence electrons. The summed E-state index contributed by atoms with van der Waals surface area (Å²) in [7, 11) is 0. The number of rotatable bonds is 0. The number of hydrogen-bond donors (Lipinski definition) is 1. The molecule has 0 unspecified atom stereocenters. The molecule has 0 saturated heterocycles. The molecular weight excluding hydrogens is 343 g/mol. The first kappa shape index (κ1) is 9.21. The summed E-state index contributed by atoms with van der Waals surface area (Å²) in [5.41, 5.74) is 5.75. The fourth-order valence-corrected chi connectivity index (χ4v) is 2.15. The van der Waals surface area contributed by atoms with Crippen LogP contribution in [0.3, 0.4) is 0 Å². The molecule has 0 amide bonds. The molecule has 2 aromatic rings. The Kier molecular flexibility index (Phi) is 2.42. The molecule has 0 aliphatic heterocycles. The zero-order chi connectivity index (χ0) is 9.42. The molecule has 4 heteroatoms. The Morgan fingerprint density at radius 3 is 2.85 bits per heavy atom. The predicted molar refractivity (Wildman–Crippen MR) is 66.6 cm³/mol. The minimum Gasteiger partial charge on any atom is -0.383 e. The predicted octanol–water partition coefficient (Wildman–Crippen LogP) is 3.18. The average Bonchev–Trinajstić information content (AvgIpc) is 2.12. The second kappa shape index (κ2) is 3.42. The van der Waals surface area contributed by atoms with Gasteiger partial charge in [0, 0.05) is 25.0 Å². The van der Waals surface area contributed by atoms with Gasteiger partial charge in [-0.2, -0.15) is 0 Å². The van der Waals surface area contributed by atoms with E-state index in [1.807, 2.05) is 12.1 Å². The van der Waals surface area contributed by atoms with E-state index in [1.165, 1.54) is 0 Å². The van der Waals surface area contributed by atoms with Gasteiger partial charge in [0.2, 0.25) is 0 Å². The van der Waals surface area contributed by atoms with E-state index in [1.54, 1.807) is 6.20 Å². The third-order valence-corrected chi connectivity index (χ3v) is 3.18. The Bertz CT molecular complexity index is 470. The lowest BCUT2D eigenvalue weighted by atomic mass is 10.2. The van der Waals surface area contributed by atoms with Crippen molar-refractivity contribution in [2.45, 2.75) is 0 Å². The van der Waals surface area contributed by atoms with Crippen molar-refractivity contribution in [2.75, 3.05) is 5.73 Å². The number of fused-ring (bicyclic) bond motifs is 1. The van der Waals surface area contributed by atoms with E-state index in [2.05, 4.69) is 49.6 Å². The number of pyridine rings is 1. The van der Waals surface area contributed by atoms with E-state index in [-0.39, 0.29) is 0 Å². The SMILES string of the molecule is Nc1ncc(I)c2cc(Br)ccc12. The molecule has 1 heterocycles. The highest BCUT2D eigenvalue weighted by atomic mass is 127. The van der Waals surface area contributed by atoms with Crippen LogP contribution >= 0.6 is 38.5 Å². The van der Waals surface area contributed by atoms with Gasteiger partial charge >= 0.3 is 0 Å². The summed E-state index contributed by atoms with van der Waals surface area (Å²) in [6.45, 7) is 0. The quantitative estimate of drug-likeness (QED) is 0.742.